The minimum atomic E-state index is 0.174. The maximum Gasteiger partial charge on any atom is 0.123 e. The number of hydrogen-bond acceptors (Lipinski definition) is 2. The van der Waals surface area contributed by atoms with Crippen molar-refractivity contribution in [2.45, 2.75) is 52.1 Å². The number of fused-ring (bicyclic) bond motifs is 1. The highest BCUT2D eigenvalue weighted by Crippen LogP contribution is 2.30. The van der Waals surface area contributed by atoms with Crippen molar-refractivity contribution in [1.29, 1.82) is 0 Å². The molecule has 2 heterocycles. The zero-order valence-electron chi connectivity index (χ0n) is 10.2. The number of rotatable bonds is 2. The fourth-order valence-electron chi connectivity index (χ4n) is 2.35. The van der Waals surface area contributed by atoms with Gasteiger partial charge < -0.3 is 9.88 Å². The van der Waals surface area contributed by atoms with Crippen LogP contribution in [0, 0.1) is 0 Å². The SMILES string of the molecule is CNCc1nc(C(C)(C)C)c2n1CCC2. The van der Waals surface area contributed by atoms with Crippen molar-refractivity contribution < 1.29 is 0 Å². The zero-order valence-corrected chi connectivity index (χ0v) is 10.2. The second-order valence-corrected chi connectivity index (χ2v) is 5.36. The molecule has 1 aromatic heterocycles. The topological polar surface area (TPSA) is 29.9 Å². The van der Waals surface area contributed by atoms with Gasteiger partial charge >= 0.3 is 0 Å². The summed E-state index contributed by atoms with van der Waals surface area (Å²) >= 11 is 0. The van der Waals surface area contributed by atoms with Crippen molar-refractivity contribution in [2.75, 3.05) is 7.05 Å². The molecule has 0 aliphatic carbocycles. The Morgan fingerprint density at radius 3 is 2.73 bits per heavy atom. The van der Waals surface area contributed by atoms with Crippen LogP contribution in [0.2, 0.25) is 0 Å². The Labute approximate surface area is 91.9 Å². The number of imidazole rings is 1. The van der Waals surface area contributed by atoms with E-state index in [-0.39, 0.29) is 5.41 Å². The summed E-state index contributed by atoms with van der Waals surface area (Å²) in [4.78, 5) is 4.79. The van der Waals surface area contributed by atoms with Gasteiger partial charge in [0.2, 0.25) is 0 Å². The van der Waals surface area contributed by atoms with E-state index in [1.807, 2.05) is 7.05 Å². The van der Waals surface area contributed by atoms with Crippen LogP contribution in [0.3, 0.4) is 0 Å². The van der Waals surface area contributed by atoms with Gasteiger partial charge in [-0.05, 0) is 19.9 Å². The summed E-state index contributed by atoms with van der Waals surface area (Å²) in [5.41, 5.74) is 2.94. The lowest BCUT2D eigenvalue weighted by Gasteiger charge is -2.16. The van der Waals surface area contributed by atoms with E-state index in [1.165, 1.54) is 30.1 Å². The molecule has 1 N–H and O–H groups in total. The normalized spacial score (nSPS) is 15.7. The van der Waals surface area contributed by atoms with Crippen LogP contribution in [0.4, 0.5) is 0 Å². The second-order valence-electron chi connectivity index (χ2n) is 5.36. The van der Waals surface area contributed by atoms with Crippen molar-refractivity contribution in [3.8, 4) is 0 Å². The lowest BCUT2D eigenvalue weighted by molar-refractivity contribution is 0.562. The van der Waals surface area contributed by atoms with Crippen molar-refractivity contribution in [1.82, 2.24) is 14.9 Å². The van der Waals surface area contributed by atoms with Gasteiger partial charge in [-0.2, -0.15) is 0 Å². The van der Waals surface area contributed by atoms with Crippen LogP contribution in [0.5, 0.6) is 0 Å². The van der Waals surface area contributed by atoms with Crippen molar-refractivity contribution in [3.63, 3.8) is 0 Å². The molecule has 3 nitrogen and oxygen atoms in total. The molecule has 0 radical (unpaired) electrons. The molecule has 1 aromatic rings. The van der Waals surface area contributed by atoms with Crippen LogP contribution in [-0.4, -0.2) is 16.6 Å². The Balaban J connectivity index is 2.45. The molecule has 2 rings (SSSR count). The van der Waals surface area contributed by atoms with E-state index < -0.39 is 0 Å². The van der Waals surface area contributed by atoms with Crippen LogP contribution in [-0.2, 0) is 24.9 Å². The Morgan fingerprint density at radius 2 is 2.13 bits per heavy atom. The molecule has 0 amide bonds. The van der Waals surface area contributed by atoms with Crippen molar-refractivity contribution >= 4 is 0 Å². The molecule has 0 fully saturated rings. The molecular formula is C12H21N3. The summed E-state index contributed by atoms with van der Waals surface area (Å²) in [6, 6.07) is 0. The summed E-state index contributed by atoms with van der Waals surface area (Å²) in [6.45, 7) is 8.77. The molecule has 0 saturated carbocycles. The van der Waals surface area contributed by atoms with Crippen LogP contribution in [0.1, 0.15) is 44.4 Å². The molecule has 0 atom stereocenters. The summed E-state index contributed by atoms with van der Waals surface area (Å²) in [7, 11) is 1.98. The third-order valence-electron chi connectivity index (χ3n) is 2.99. The largest absolute Gasteiger partial charge is 0.331 e. The van der Waals surface area contributed by atoms with Crippen molar-refractivity contribution in [2.24, 2.45) is 0 Å². The monoisotopic (exact) mass is 207 g/mol. The standard InChI is InChI=1S/C12H21N3/c1-12(2,3)11-9-6-5-7-15(9)10(14-11)8-13-4/h13H,5-8H2,1-4H3. The van der Waals surface area contributed by atoms with Gasteiger partial charge in [0.05, 0.1) is 12.2 Å². The highest BCUT2D eigenvalue weighted by molar-refractivity contribution is 5.26. The molecule has 84 valence electrons. The van der Waals surface area contributed by atoms with Gasteiger partial charge in [-0.15, -0.1) is 0 Å². The lowest BCUT2D eigenvalue weighted by atomic mass is 9.90. The van der Waals surface area contributed by atoms with Crippen LogP contribution in [0.25, 0.3) is 0 Å². The fourth-order valence-corrected chi connectivity index (χ4v) is 2.35. The molecule has 0 saturated heterocycles. The van der Waals surface area contributed by atoms with Crippen LogP contribution >= 0.6 is 0 Å². The number of hydrogen-bond donors (Lipinski definition) is 1. The van der Waals surface area contributed by atoms with Gasteiger partial charge in [-0.25, -0.2) is 4.98 Å². The van der Waals surface area contributed by atoms with Gasteiger partial charge in [0.1, 0.15) is 5.82 Å². The molecule has 3 heteroatoms. The van der Waals surface area contributed by atoms with Crippen LogP contribution in [0.15, 0.2) is 0 Å². The quantitative estimate of drug-likeness (QED) is 0.802. The van der Waals surface area contributed by atoms with Crippen LogP contribution < -0.4 is 5.32 Å². The molecule has 1 aliphatic heterocycles. The summed E-state index contributed by atoms with van der Waals surface area (Å²) < 4.78 is 2.40. The maximum atomic E-state index is 4.79. The third-order valence-corrected chi connectivity index (χ3v) is 2.99. The smallest absolute Gasteiger partial charge is 0.123 e. The molecular weight excluding hydrogens is 186 g/mol. The fraction of sp³-hybridized carbons (Fsp3) is 0.750. The first-order chi connectivity index (χ1) is 7.04. The number of nitrogens with one attached hydrogen (secondary N) is 1. The van der Waals surface area contributed by atoms with E-state index >= 15 is 0 Å². The minimum Gasteiger partial charge on any atom is -0.331 e. The molecule has 0 spiro atoms. The molecule has 15 heavy (non-hydrogen) atoms. The lowest BCUT2D eigenvalue weighted by Crippen LogP contribution is -2.14. The predicted molar refractivity (Wildman–Crippen MR) is 62.0 cm³/mol. The van der Waals surface area contributed by atoms with E-state index in [2.05, 4.69) is 30.7 Å². The van der Waals surface area contributed by atoms with Gasteiger partial charge in [0, 0.05) is 17.7 Å². The minimum absolute atomic E-state index is 0.174. The van der Waals surface area contributed by atoms with E-state index in [4.69, 9.17) is 4.98 Å². The molecule has 1 aliphatic rings. The van der Waals surface area contributed by atoms with E-state index in [1.54, 1.807) is 0 Å². The van der Waals surface area contributed by atoms with E-state index in [0.29, 0.717) is 0 Å². The Bertz CT molecular complexity index is 358. The van der Waals surface area contributed by atoms with Crippen molar-refractivity contribution in [3.05, 3.63) is 17.2 Å². The maximum absolute atomic E-state index is 4.79. The molecule has 0 bridgehead atoms. The summed E-state index contributed by atoms with van der Waals surface area (Å²) in [5.74, 6) is 1.20. The third kappa shape index (κ3) is 1.81. The van der Waals surface area contributed by atoms with Gasteiger partial charge in [-0.1, -0.05) is 20.8 Å². The van der Waals surface area contributed by atoms with Gasteiger partial charge in [0.15, 0.2) is 0 Å². The summed E-state index contributed by atoms with van der Waals surface area (Å²) in [5, 5.41) is 3.20. The molecule has 0 aromatic carbocycles. The highest BCUT2D eigenvalue weighted by atomic mass is 15.1. The Kier molecular flexibility index (Phi) is 2.59. The van der Waals surface area contributed by atoms with Gasteiger partial charge in [0.25, 0.3) is 0 Å². The average molecular weight is 207 g/mol. The number of aromatic nitrogens is 2. The number of nitrogens with zero attached hydrogens (tertiary/aromatic N) is 2. The second kappa shape index (κ2) is 3.63. The Hall–Kier alpha value is -0.830. The predicted octanol–water partition coefficient (Wildman–Crippen LogP) is 1.85. The first-order valence-electron chi connectivity index (χ1n) is 5.77. The highest BCUT2D eigenvalue weighted by Gasteiger charge is 2.27. The van der Waals surface area contributed by atoms with E-state index in [0.717, 1.165) is 13.1 Å². The Morgan fingerprint density at radius 1 is 1.40 bits per heavy atom. The van der Waals surface area contributed by atoms with E-state index in [9.17, 15) is 0 Å². The van der Waals surface area contributed by atoms with Gasteiger partial charge in [-0.3, -0.25) is 0 Å². The first kappa shape index (κ1) is 10.7. The summed E-state index contributed by atoms with van der Waals surface area (Å²) in [6.07, 6.45) is 2.47. The molecule has 0 unspecified atom stereocenters. The average Bonchev–Trinajstić information content (AvgIpc) is 2.66. The first-order valence-corrected chi connectivity index (χ1v) is 5.77. The zero-order chi connectivity index (χ0) is 11.1.